The van der Waals surface area contributed by atoms with E-state index in [1.54, 1.807) is 18.5 Å². The molecular formula is C13H11N5O2. The molecule has 0 aliphatic rings. The highest BCUT2D eigenvalue weighted by Crippen LogP contribution is 2.22. The third kappa shape index (κ3) is 2.20. The first-order chi connectivity index (χ1) is 9.80. The van der Waals surface area contributed by atoms with E-state index in [0.29, 0.717) is 22.9 Å². The molecule has 0 fully saturated rings. The van der Waals surface area contributed by atoms with E-state index in [4.69, 9.17) is 9.47 Å². The molecule has 0 spiro atoms. The lowest BCUT2D eigenvalue weighted by Crippen LogP contribution is -1.99. The summed E-state index contributed by atoms with van der Waals surface area (Å²) in [4.78, 5) is 21.2. The van der Waals surface area contributed by atoms with Crippen LogP contribution in [0.4, 0.5) is 0 Å². The van der Waals surface area contributed by atoms with E-state index in [9.17, 15) is 0 Å². The molecule has 7 nitrogen and oxygen atoms in total. The zero-order chi connectivity index (χ0) is 13.9. The number of rotatable bonds is 3. The van der Waals surface area contributed by atoms with Crippen molar-refractivity contribution in [3.05, 3.63) is 30.6 Å². The van der Waals surface area contributed by atoms with E-state index in [2.05, 4.69) is 24.9 Å². The summed E-state index contributed by atoms with van der Waals surface area (Å²) >= 11 is 0. The van der Waals surface area contributed by atoms with Gasteiger partial charge in [-0.2, -0.15) is 9.97 Å². The monoisotopic (exact) mass is 269 g/mol. The van der Waals surface area contributed by atoms with Crippen LogP contribution >= 0.6 is 0 Å². The quantitative estimate of drug-likeness (QED) is 0.712. The SMILES string of the molecule is COc1cc(-c2cnc3cccnc3n2)nc(OC)n1. The predicted molar refractivity (Wildman–Crippen MR) is 71.5 cm³/mol. The van der Waals surface area contributed by atoms with Crippen LogP contribution in [0.3, 0.4) is 0 Å². The van der Waals surface area contributed by atoms with Crippen LogP contribution in [-0.4, -0.2) is 39.1 Å². The molecule has 0 unspecified atom stereocenters. The highest BCUT2D eigenvalue weighted by molar-refractivity contribution is 5.72. The summed E-state index contributed by atoms with van der Waals surface area (Å²) in [5.41, 5.74) is 2.43. The summed E-state index contributed by atoms with van der Waals surface area (Å²) in [7, 11) is 3.02. The molecule has 0 N–H and O–H groups in total. The molecule has 0 aromatic carbocycles. The minimum atomic E-state index is 0.210. The average molecular weight is 269 g/mol. The predicted octanol–water partition coefficient (Wildman–Crippen LogP) is 1.50. The second-order valence-electron chi connectivity index (χ2n) is 3.88. The van der Waals surface area contributed by atoms with Gasteiger partial charge in [0.2, 0.25) is 5.88 Å². The van der Waals surface area contributed by atoms with Gasteiger partial charge in [0, 0.05) is 12.3 Å². The number of pyridine rings is 1. The van der Waals surface area contributed by atoms with E-state index in [1.165, 1.54) is 14.2 Å². The number of ether oxygens (including phenoxy) is 2. The Kier molecular flexibility index (Phi) is 3.08. The molecule has 3 rings (SSSR count). The minimum Gasteiger partial charge on any atom is -0.481 e. The zero-order valence-electron chi connectivity index (χ0n) is 10.9. The number of nitrogens with zero attached hydrogens (tertiary/aromatic N) is 5. The van der Waals surface area contributed by atoms with Gasteiger partial charge in [-0.1, -0.05) is 0 Å². The Labute approximate surface area is 114 Å². The first kappa shape index (κ1) is 12.2. The Balaban J connectivity index is 2.14. The first-order valence-electron chi connectivity index (χ1n) is 5.85. The van der Waals surface area contributed by atoms with Gasteiger partial charge in [-0.25, -0.2) is 9.97 Å². The van der Waals surface area contributed by atoms with Crippen molar-refractivity contribution in [2.45, 2.75) is 0 Å². The van der Waals surface area contributed by atoms with Crippen LogP contribution in [0.1, 0.15) is 0 Å². The van der Waals surface area contributed by atoms with E-state index in [0.717, 1.165) is 5.52 Å². The Morgan fingerprint density at radius 3 is 2.65 bits per heavy atom. The summed E-state index contributed by atoms with van der Waals surface area (Å²) in [6.07, 6.45) is 3.30. The fourth-order valence-corrected chi connectivity index (χ4v) is 1.70. The molecule has 0 atom stereocenters. The molecule has 20 heavy (non-hydrogen) atoms. The molecule has 3 heterocycles. The Morgan fingerprint density at radius 2 is 1.85 bits per heavy atom. The molecule has 0 aliphatic carbocycles. The van der Waals surface area contributed by atoms with Crippen LogP contribution in [0.2, 0.25) is 0 Å². The number of methoxy groups -OCH3 is 2. The summed E-state index contributed by atoms with van der Waals surface area (Å²) in [6.45, 7) is 0. The normalized spacial score (nSPS) is 10.5. The largest absolute Gasteiger partial charge is 0.481 e. The van der Waals surface area contributed by atoms with Crippen molar-refractivity contribution >= 4 is 11.2 Å². The molecule has 0 radical (unpaired) electrons. The van der Waals surface area contributed by atoms with Gasteiger partial charge in [0.15, 0.2) is 5.65 Å². The van der Waals surface area contributed by atoms with E-state index < -0.39 is 0 Å². The van der Waals surface area contributed by atoms with E-state index in [-0.39, 0.29) is 6.01 Å². The van der Waals surface area contributed by atoms with Crippen LogP contribution in [0.5, 0.6) is 11.9 Å². The zero-order valence-corrected chi connectivity index (χ0v) is 10.9. The summed E-state index contributed by atoms with van der Waals surface area (Å²) in [5.74, 6) is 0.398. The van der Waals surface area contributed by atoms with Gasteiger partial charge in [-0.15, -0.1) is 0 Å². The van der Waals surface area contributed by atoms with Crippen molar-refractivity contribution in [2.24, 2.45) is 0 Å². The minimum absolute atomic E-state index is 0.210. The van der Waals surface area contributed by atoms with Gasteiger partial charge in [-0.05, 0) is 12.1 Å². The maximum atomic E-state index is 5.11. The summed E-state index contributed by atoms with van der Waals surface area (Å²) in [5, 5.41) is 0. The van der Waals surface area contributed by atoms with Crippen LogP contribution < -0.4 is 9.47 Å². The van der Waals surface area contributed by atoms with Crippen molar-refractivity contribution in [1.82, 2.24) is 24.9 Å². The summed E-state index contributed by atoms with van der Waals surface area (Å²) < 4.78 is 10.2. The van der Waals surface area contributed by atoms with Crippen molar-refractivity contribution < 1.29 is 9.47 Å². The molecule has 7 heteroatoms. The van der Waals surface area contributed by atoms with Crippen LogP contribution in [-0.2, 0) is 0 Å². The molecule has 100 valence electrons. The molecule has 0 amide bonds. The van der Waals surface area contributed by atoms with Gasteiger partial charge in [0.1, 0.15) is 16.9 Å². The number of hydrogen-bond acceptors (Lipinski definition) is 7. The Hall–Kier alpha value is -2.83. The summed E-state index contributed by atoms with van der Waals surface area (Å²) in [6, 6.07) is 5.54. The maximum Gasteiger partial charge on any atom is 0.320 e. The molecular weight excluding hydrogens is 258 g/mol. The number of aromatic nitrogens is 5. The second-order valence-corrected chi connectivity index (χ2v) is 3.88. The smallest absolute Gasteiger partial charge is 0.320 e. The first-order valence-corrected chi connectivity index (χ1v) is 5.85. The molecule has 3 aromatic heterocycles. The van der Waals surface area contributed by atoms with Gasteiger partial charge in [-0.3, -0.25) is 4.98 Å². The lowest BCUT2D eigenvalue weighted by atomic mass is 10.3. The number of hydrogen-bond donors (Lipinski definition) is 0. The lowest BCUT2D eigenvalue weighted by molar-refractivity contribution is 0.352. The highest BCUT2D eigenvalue weighted by Gasteiger charge is 2.10. The van der Waals surface area contributed by atoms with Crippen molar-refractivity contribution in [1.29, 1.82) is 0 Å². The van der Waals surface area contributed by atoms with Crippen LogP contribution in [0.25, 0.3) is 22.6 Å². The fourth-order valence-electron chi connectivity index (χ4n) is 1.70. The van der Waals surface area contributed by atoms with Crippen molar-refractivity contribution in [2.75, 3.05) is 14.2 Å². The highest BCUT2D eigenvalue weighted by atomic mass is 16.5. The third-order valence-corrected chi connectivity index (χ3v) is 2.65. The van der Waals surface area contributed by atoms with Crippen LogP contribution in [0, 0.1) is 0 Å². The maximum absolute atomic E-state index is 5.11. The Morgan fingerprint density at radius 1 is 0.950 bits per heavy atom. The molecule has 0 bridgehead atoms. The lowest BCUT2D eigenvalue weighted by Gasteiger charge is -2.06. The Bertz CT molecular complexity index is 740. The topological polar surface area (TPSA) is 82.9 Å². The van der Waals surface area contributed by atoms with Gasteiger partial charge < -0.3 is 9.47 Å². The third-order valence-electron chi connectivity index (χ3n) is 2.65. The second kappa shape index (κ2) is 5.04. The van der Waals surface area contributed by atoms with Gasteiger partial charge in [0.05, 0.1) is 20.4 Å². The molecule has 0 aliphatic heterocycles. The fraction of sp³-hybridized carbons (Fsp3) is 0.154. The van der Waals surface area contributed by atoms with Crippen molar-refractivity contribution in [3.8, 4) is 23.3 Å². The molecule has 0 saturated heterocycles. The van der Waals surface area contributed by atoms with Crippen molar-refractivity contribution in [3.63, 3.8) is 0 Å². The van der Waals surface area contributed by atoms with E-state index >= 15 is 0 Å². The molecule has 3 aromatic rings. The van der Waals surface area contributed by atoms with Gasteiger partial charge >= 0.3 is 6.01 Å². The molecule has 0 saturated carbocycles. The van der Waals surface area contributed by atoms with Gasteiger partial charge in [0.25, 0.3) is 0 Å². The van der Waals surface area contributed by atoms with Crippen LogP contribution in [0.15, 0.2) is 30.6 Å². The number of fused-ring (bicyclic) bond motifs is 1. The van der Waals surface area contributed by atoms with E-state index in [1.807, 2.05) is 12.1 Å². The standard InChI is InChI=1S/C13H11N5O2/c1-19-11-6-9(17-13(18-11)20-2)10-7-15-8-4-3-5-14-12(8)16-10/h3-7H,1-2H3. The average Bonchev–Trinajstić information content (AvgIpc) is 2.53.